The Morgan fingerprint density at radius 1 is 1.50 bits per heavy atom. The summed E-state index contributed by atoms with van der Waals surface area (Å²) in [4.78, 5) is 8.16. The average molecular weight is 231 g/mol. The van der Waals surface area contributed by atoms with Gasteiger partial charge in [0.1, 0.15) is 5.82 Å². The van der Waals surface area contributed by atoms with Gasteiger partial charge in [-0.1, -0.05) is 0 Å². The molecule has 1 heterocycles. The van der Waals surface area contributed by atoms with E-state index >= 15 is 0 Å². The monoisotopic (exact) mass is 230 g/mol. The minimum Gasteiger partial charge on any atom is -0.393 e. The summed E-state index contributed by atoms with van der Waals surface area (Å²) in [5, 5.41) is 9.00. The normalized spacial score (nSPS) is 12.9. The lowest BCUT2D eigenvalue weighted by Gasteiger charge is -2.01. The maximum atomic E-state index is 9.00. The van der Waals surface area contributed by atoms with E-state index in [2.05, 4.69) is 25.9 Å². The quantitative estimate of drug-likeness (QED) is 0.858. The summed E-state index contributed by atoms with van der Waals surface area (Å²) >= 11 is 3.25. The van der Waals surface area contributed by atoms with Gasteiger partial charge >= 0.3 is 0 Å². The van der Waals surface area contributed by atoms with Crippen molar-refractivity contribution in [2.24, 2.45) is 0 Å². The predicted octanol–water partition coefficient (Wildman–Crippen LogP) is 1.55. The van der Waals surface area contributed by atoms with Crippen molar-refractivity contribution in [3.05, 3.63) is 22.7 Å². The second kappa shape index (κ2) is 4.52. The predicted molar refractivity (Wildman–Crippen MR) is 49.7 cm³/mol. The summed E-state index contributed by atoms with van der Waals surface area (Å²) in [5.74, 6) is 0.777. The first-order valence-corrected chi connectivity index (χ1v) is 4.62. The maximum Gasteiger partial charge on any atom is 0.128 e. The zero-order valence-electron chi connectivity index (χ0n) is 6.87. The Labute approximate surface area is 80.0 Å². The first kappa shape index (κ1) is 9.61. The fourth-order valence-electron chi connectivity index (χ4n) is 0.806. The molecule has 1 aromatic heterocycles. The summed E-state index contributed by atoms with van der Waals surface area (Å²) in [5.41, 5.74) is 0. The second-order valence-corrected chi connectivity index (χ2v) is 3.62. The average Bonchev–Trinajstić information content (AvgIpc) is 2.03. The van der Waals surface area contributed by atoms with Gasteiger partial charge in [-0.3, -0.25) is 0 Å². The van der Waals surface area contributed by atoms with E-state index < -0.39 is 0 Å². The molecule has 0 fully saturated rings. The highest BCUT2D eigenvalue weighted by atomic mass is 79.9. The van der Waals surface area contributed by atoms with Gasteiger partial charge in [-0.2, -0.15) is 0 Å². The van der Waals surface area contributed by atoms with E-state index in [1.54, 1.807) is 19.3 Å². The van der Waals surface area contributed by atoms with Crippen LogP contribution in [0, 0.1) is 0 Å². The van der Waals surface area contributed by atoms with Gasteiger partial charge in [0, 0.05) is 18.8 Å². The molecule has 0 aliphatic heterocycles. The van der Waals surface area contributed by atoms with Crippen LogP contribution in [-0.4, -0.2) is 21.2 Å². The van der Waals surface area contributed by atoms with Crippen LogP contribution in [0.1, 0.15) is 19.2 Å². The lowest BCUT2D eigenvalue weighted by molar-refractivity contribution is 0.184. The van der Waals surface area contributed by atoms with Crippen LogP contribution in [0.25, 0.3) is 0 Å². The fraction of sp³-hybridized carbons (Fsp3) is 0.500. The molecule has 0 radical (unpaired) electrons. The molecule has 4 heteroatoms. The van der Waals surface area contributed by atoms with Crippen molar-refractivity contribution < 1.29 is 5.11 Å². The third-order valence-corrected chi connectivity index (χ3v) is 1.87. The van der Waals surface area contributed by atoms with Crippen LogP contribution in [0.2, 0.25) is 0 Å². The Hall–Kier alpha value is -0.480. The summed E-state index contributed by atoms with van der Waals surface area (Å²) in [6.07, 6.45) is 4.58. The maximum absolute atomic E-state index is 9.00. The van der Waals surface area contributed by atoms with Gasteiger partial charge in [-0.05, 0) is 29.3 Å². The van der Waals surface area contributed by atoms with Crippen molar-refractivity contribution in [3.8, 4) is 0 Å². The van der Waals surface area contributed by atoms with Crippen LogP contribution >= 0.6 is 15.9 Å². The Kier molecular flexibility index (Phi) is 3.62. The van der Waals surface area contributed by atoms with E-state index in [9.17, 15) is 0 Å². The highest BCUT2D eigenvalue weighted by Crippen LogP contribution is 2.05. The Bertz CT molecular complexity index is 235. The van der Waals surface area contributed by atoms with E-state index in [1.165, 1.54) is 0 Å². The molecule has 1 aromatic rings. The van der Waals surface area contributed by atoms with Gasteiger partial charge < -0.3 is 5.11 Å². The Balaban J connectivity index is 2.48. The molecule has 1 rings (SSSR count). The molecule has 0 saturated carbocycles. The number of halogens is 1. The van der Waals surface area contributed by atoms with Crippen molar-refractivity contribution in [3.63, 3.8) is 0 Å². The largest absolute Gasteiger partial charge is 0.393 e. The molecule has 0 aliphatic carbocycles. The van der Waals surface area contributed by atoms with Crippen LogP contribution in [0.15, 0.2) is 16.9 Å². The summed E-state index contributed by atoms with van der Waals surface area (Å²) in [7, 11) is 0. The van der Waals surface area contributed by atoms with Gasteiger partial charge in [0.05, 0.1) is 10.6 Å². The topological polar surface area (TPSA) is 46.0 Å². The Morgan fingerprint density at radius 3 is 2.58 bits per heavy atom. The molecule has 1 atom stereocenters. The molecule has 0 spiro atoms. The fourth-order valence-corrected chi connectivity index (χ4v) is 1.01. The number of nitrogens with zero attached hydrogens (tertiary/aromatic N) is 2. The molecule has 0 bridgehead atoms. The van der Waals surface area contributed by atoms with E-state index in [0.717, 1.165) is 16.7 Å². The number of rotatable bonds is 3. The standard InChI is InChI=1S/C8H11BrN2O/c1-6(12)2-3-8-10-4-7(9)5-11-8/h4-6,12H,2-3H2,1H3. The molecular weight excluding hydrogens is 220 g/mol. The van der Waals surface area contributed by atoms with Gasteiger partial charge in [-0.15, -0.1) is 0 Å². The van der Waals surface area contributed by atoms with Crippen LogP contribution in [0.3, 0.4) is 0 Å². The van der Waals surface area contributed by atoms with Crippen LogP contribution in [0.5, 0.6) is 0 Å². The number of hydrogen-bond donors (Lipinski definition) is 1. The van der Waals surface area contributed by atoms with Crippen molar-refractivity contribution >= 4 is 15.9 Å². The number of aromatic nitrogens is 2. The van der Waals surface area contributed by atoms with Gasteiger partial charge in [0.15, 0.2) is 0 Å². The van der Waals surface area contributed by atoms with E-state index in [-0.39, 0.29) is 6.10 Å². The van der Waals surface area contributed by atoms with Gasteiger partial charge in [-0.25, -0.2) is 9.97 Å². The summed E-state index contributed by atoms with van der Waals surface area (Å²) in [6.45, 7) is 1.76. The van der Waals surface area contributed by atoms with Crippen molar-refractivity contribution in [2.75, 3.05) is 0 Å². The van der Waals surface area contributed by atoms with E-state index in [1.807, 2.05) is 0 Å². The Morgan fingerprint density at radius 2 is 2.08 bits per heavy atom. The van der Waals surface area contributed by atoms with Crippen LogP contribution < -0.4 is 0 Å². The number of aliphatic hydroxyl groups excluding tert-OH is 1. The minimum absolute atomic E-state index is 0.280. The zero-order valence-corrected chi connectivity index (χ0v) is 8.45. The number of aryl methyl sites for hydroxylation is 1. The molecule has 0 saturated heterocycles. The van der Waals surface area contributed by atoms with E-state index in [4.69, 9.17) is 5.11 Å². The zero-order chi connectivity index (χ0) is 8.97. The number of hydrogen-bond acceptors (Lipinski definition) is 3. The van der Waals surface area contributed by atoms with Gasteiger partial charge in [0.2, 0.25) is 0 Å². The van der Waals surface area contributed by atoms with Crippen molar-refractivity contribution in [2.45, 2.75) is 25.9 Å². The van der Waals surface area contributed by atoms with Crippen LogP contribution in [0.4, 0.5) is 0 Å². The molecular formula is C8H11BrN2O. The molecule has 66 valence electrons. The third kappa shape index (κ3) is 3.28. The lowest BCUT2D eigenvalue weighted by Crippen LogP contribution is -2.03. The smallest absolute Gasteiger partial charge is 0.128 e. The molecule has 0 aliphatic rings. The SMILES string of the molecule is CC(O)CCc1ncc(Br)cn1. The first-order chi connectivity index (χ1) is 5.68. The summed E-state index contributed by atoms with van der Waals surface area (Å²) < 4.78 is 0.878. The highest BCUT2D eigenvalue weighted by Gasteiger charge is 1.99. The number of aliphatic hydroxyl groups is 1. The molecule has 3 nitrogen and oxygen atoms in total. The highest BCUT2D eigenvalue weighted by molar-refractivity contribution is 9.10. The van der Waals surface area contributed by atoms with Crippen LogP contribution in [-0.2, 0) is 6.42 Å². The van der Waals surface area contributed by atoms with Crippen molar-refractivity contribution in [1.29, 1.82) is 0 Å². The molecule has 0 amide bonds. The van der Waals surface area contributed by atoms with Crippen molar-refractivity contribution in [1.82, 2.24) is 9.97 Å². The first-order valence-electron chi connectivity index (χ1n) is 3.83. The third-order valence-electron chi connectivity index (χ3n) is 1.46. The molecule has 12 heavy (non-hydrogen) atoms. The lowest BCUT2D eigenvalue weighted by atomic mass is 10.2. The molecule has 0 aromatic carbocycles. The second-order valence-electron chi connectivity index (χ2n) is 2.71. The molecule has 1 unspecified atom stereocenters. The minimum atomic E-state index is -0.280. The van der Waals surface area contributed by atoms with E-state index in [0.29, 0.717) is 6.42 Å². The van der Waals surface area contributed by atoms with Gasteiger partial charge in [0.25, 0.3) is 0 Å². The molecule has 1 N–H and O–H groups in total. The summed E-state index contributed by atoms with van der Waals surface area (Å²) in [6, 6.07) is 0.